The van der Waals surface area contributed by atoms with E-state index in [9.17, 15) is 4.79 Å². The summed E-state index contributed by atoms with van der Waals surface area (Å²) in [5.74, 6) is 0.138. The molecule has 3 atom stereocenters. The van der Waals surface area contributed by atoms with Crippen LogP contribution >= 0.6 is 24.8 Å². The largest absolute Gasteiger partial charge is 0.378 e. The number of carbonyl (C=O) groups excluding carboxylic acids is 1. The molecule has 0 spiro atoms. The van der Waals surface area contributed by atoms with Gasteiger partial charge in [-0.1, -0.05) is 20.3 Å². The quantitative estimate of drug-likeness (QED) is 0.812. The number of nitrogens with zero attached hydrogens (tertiary/aromatic N) is 2. The van der Waals surface area contributed by atoms with Crippen LogP contribution in [0.25, 0.3) is 0 Å². The highest BCUT2D eigenvalue weighted by molar-refractivity contribution is 5.89. The first-order chi connectivity index (χ1) is 10.4. The van der Waals surface area contributed by atoms with Crippen LogP contribution in [0.5, 0.6) is 0 Å². The Kier molecular flexibility index (Phi) is 7.40. The van der Waals surface area contributed by atoms with E-state index in [-0.39, 0.29) is 42.2 Å². The fourth-order valence-corrected chi connectivity index (χ4v) is 4.42. The molecule has 3 aliphatic rings. The van der Waals surface area contributed by atoms with Crippen LogP contribution in [0.3, 0.4) is 0 Å². The number of hydrogen-bond donors (Lipinski definition) is 1. The van der Waals surface area contributed by atoms with Crippen molar-refractivity contribution in [2.24, 2.45) is 11.1 Å². The average Bonchev–Trinajstić information content (AvgIpc) is 2.53. The highest BCUT2D eigenvalue weighted by Crippen LogP contribution is 2.50. The van der Waals surface area contributed by atoms with E-state index in [2.05, 4.69) is 18.7 Å². The topological polar surface area (TPSA) is 58.8 Å². The van der Waals surface area contributed by atoms with Crippen LogP contribution in [0.15, 0.2) is 0 Å². The van der Waals surface area contributed by atoms with E-state index in [1.54, 1.807) is 0 Å². The van der Waals surface area contributed by atoms with Crippen LogP contribution in [0, 0.1) is 5.41 Å². The van der Waals surface area contributed by atoms with E-state index in [0.717, 1.165) is 19.6 Å². The Morgan fingerprint density at radius 1 is 1.21 bits per heavy atom. The lowest BCUT2D eigenvalue weighted by Gasteiger charge is -2.59. The van der Waals surface area contributed by atoms with Crippen LogP contribution in [-0.2, 0) is 9.53 Å². The molecular weight excluding hydrogens is 349 g/mol. The highest BCUT2D eigenvalue weighted by Gasteiger charge is 2.64. The zero-order chi connectivity index (χ0) is 16.0. The van der Waals surface area contributed by atoms with Crippen molar-refractivity contribution in [2.75, 3.05) is 32.8 Å². The van der Waals surface area contributed by atoms with Gasteiger partial charge in [0, 0.05) is 44.1 Å². The molecule has 0 radical (unpaired) electrons. The van der Waals surface area contributed by atoms with Gasteiger partial charge in [0.15, 0.2) is 0 Å². The molecular formula is C17H33Cl2N3O2. The second-order valence-electron chi connectivity index (χ2n) is 7.78. The summed E-state index contributed by atoms with van der Waals surface area (Å²) < 4.78 is 5.75. The van der Waals surface area contributed by atoms with Gasteiger partial charge >= 0.3 is 0 Å². The van der Waals surface area contributed by atoms with Crippen LogP contribution in [-0.4, -0.2) is 66.2 Å². The Labute approximate surface area is 158 Å². The van der Waals surface area contributed by atoms with E-state index in [1.165, 1.54) is 25.8 Å². The van der Waals surface area contributed by atoms with Gasteiger partial charge in [0.1, 0.15) is 5.54 Å². The molecule has 1 aliphatic carbocycles. The highest BCUT2D eigenvalue weighted by atomic mass is 35.5. The Morgan fingerprint density at radius 3 is 2.54 bits per heavy atom. The van der Waals surface area contributed by atoms with Crippen molar-refractivity contribution in [1.82, 2.24) is 9.80 Å². The molecule has 3 rings (SSSR count). The third-order valence-electron chi connectivity index (χ3n) is 6.34. The Morgan fingerprint density at radius 2 is 1.92 bits per heavy atom. The Balaban J connectivity index is 0.00000144. The van der Waals surface area contributed by atoms with Crippen molar-refractivity contribution in [3.05, 3.63) is 0 Å². The molecule has 5 nitrogen and oxygen atoms in total. The van der Waals surface area contributed by atoms with Crippen molar-refractivity contribution >= 4 is 30.7 Å². The molecule has 0 aromatic heterocycles. The van der Waals surface area contributed by atoms with E-state index in [4.69, 9.17) is 10.5 Å². The van der Waals surface area contributed by atoms with Gasteiger partial charge in [0.2, 0.25) is 5.91 Å². The maximum Gasteiger partial charge on any atom is 0.243 e. The van der Waals surface area contributed by atoms with Crippen LogP contribution in [0.4, 0.5) is 0 Å². The van der Waals surface area contributed by atoms with Gasteiger partial charge in [-0.25, -0.2) is 0 Å². The normalized spacial score (nSPS) is 35.1. The predicted octanol–water partition coefficient (Wildman–Crippen LogP) is 2.06. The number of amides is 1. The molecule has 24 heavy (non-hydrogen) atoms. The molecule has 1 amide bonds. The lowest BCUT2D eigenvalue weighted by atomic mass is 9.54. The van der Waals surface area contributed by atoms with Gasteiger partial charge in [-0.2, -0.15) is 0 Å². The van der Waals surface area contributed by atoms with Crippen LogP contribution < -0.4 is 5.73 Å². The molecule has 0 bridgehead atoms. The minimum Gasteiger partial charge on any atom is -0.378 e. The first-order valence-electron chi connectivity index (χ1n) is 8.84. The fourth-order valence-electron chi connectivity index (χ4n) is 4.42. The van der Waals surface area contributed by atoms with Gasteiger partial charge in [-0.05, 0) is 26.3 Å². The third-order valence-corrected chi connectivity index (χ3v) is 6.34. The second-order valence-corrected chi connectivity index (χ2v) is 7.78. The smallest absolute Gasteiger partial charge is 0.243 e. The SMILES string of the molecule is CCOC1CC(N)(C(=O)N2CCN3CCCCC3C2)C1(C)C.Cl.Cl. The Bertz CT molecular complexity index is 450. The molecule has 142 valence electrons. The van der Waals surface area contributed by atoms with Crippen molar-refractivity contribution in [1.29, 1.82) is 0 Å². The summed E-state index contributed by atoms with van der Waals surface area (Å²) in [5, 5.41) is 0. The number of ether oxygens (including phenoxy) is 1. The molecule has 2 aliphatic heterocycles. The van der Waals surface area contributed by atoms with E-state index < -0.39 is 5.54 Å². The summed E-state index contributed by atoms with van der Waals surface area (Å²) in [5.41, 5.74) is 5.51. The van der Waals surface area contributed by atoms with Gasteiger partial charge in [-0.3, -0.25) is 9.69 Å². The fraction of sp³-hybridized carbons (Fsp3) is 0.941. The summed E-state index contributed by atoms with van der Waals surface area (Å²) in [6.45, 7) is 10.7. The van der Waals surface area contributed by atoms with Crippen LogP contribution in [0.2, 0.25) is 0 Å². The van der Waals surface area contributed by atoms with Gasteiger partial charge in [-0.15, -0.1) is 24.8 Å². The molecule has 3 unspecified atom stereocenters. The molecule has 7 heteroatoms. The molecule has 2 N–H and O–H groups in total. The molecule has 2 saturated heterocycles. The maximum absolute atomic E-state index is 13.1. The number of fused-ring (bicyclic) bond motifs is 1. The van der Waals surface area contributed by atoms with Crippen LogP contribution in [0.1, 0.15) is 46.5 Å². The molecule has 1 saturated carbocycles. The van der Waals surface area contributed by atoms with Crippen molar-refractivity contribution in [2.45, 2.75) is 64.1 Å². The molecule has 0 aromatic carbocycles. The number of hydrogen-bond acceptors (Lipinski definition) is 4. The summed E-state index contributed by atoms with van der Waals surface area (Å²) in [6.07, 6.45) is 4.55. The Hall–Kier alpha value is -0.0700. The molecule has 0 aromatic rings. The summed E-state index contributed by atoms with van der Waals surface area (Å²) in [6, 6.07) is 0.543. The zero-order valence-electron chi connectivity index (χ0n) is 15.1. The van der Waals surface area contributed by atoms with E-state index in [1.807, 2.05) is 11.8 Å². The summed E-state index contributed by atoms with van der Waals surface area (Å²) in [4.78, 5) is 17.6. The molecule has 3 fully saturated rings. The first-order valence-corrected chi connectivity index (χ1v) is 8.84. The minimum atomic E-state index is -0.760. The number of piperidine rings is 1. The van der Waals surface area contributed by atoms with Gasteiger partial charge in [0.25, 0.3) is 0 Å². The average molecular weight is 382 g/mol. The first kappa shape index (κ1) is 22.0. The lowest BCUT2D eigenvalue weighted by molar-refractivity contribution is -0.181. The maximum atomic E-state index is 13.1. The van der Waals surface area contributed by atoms with Crippen molar-refractivity contribution in [3.8, 4) is 0 Å². The second kappa shape index (κ2) is 8.09. The lowest BCUT2D eigenvalue weighted by Crippen LogP contribution is -2.77. The third kappa shape index (κ3) is 3.43. The van der Waals surface area contributed by atoms with Gasteiger partial charge in [0.05, 0.1) is 6.10 Å². The summed E-state index contributed by atoms with van der Waals surface area (Å²) >= 11 is 0. The minimum absolute atomic E-state index is 0. The standard InChI is InChI=1S/C17H31N3O2.2ClH/c1-4-22-14-11-17(18,16(14,2)3)15(21)20-10-9-19-8-6-5-7-13(19)12-20;;/h13-14H,4-12,18H2,1-3H3;2*1H. The van der Waals surface area contributed by atoms with E-state index in [0.29, 0.717) is 19.1 Å². The number of nitrogens with two attached hydrogens (primary N) is 1. The number of rotatable bonds is 3. The van der Waals surface area contributed by atoms with Crippen molar-refractivity contribution in [3.63, 3.8) is 0 Å². The number of piperazine rings is 1. The predicted molar refractivity (Wildman–Crippen MR) is 101 cm³/mol. The zero-order valence-corrected chi connectivity index (χ0v) is 16.8. The van der Waals surface area contributed by atoms with Crippen molar-refractivity contribution < 1.29 is 9.53 Å². The molecule has 2 heterocycles. The monoisotopic (exact) mass is 381 g/mol. The summed E-state index contributed by atoms with van der Waals surface area (Å²) in [7, 11) is 0. The number of halogens is 2. The van der Waals surface area contributed by atoms with Gasteiger partial charge < -0.3 is 15.4 Å². The van der Waals surface area contributed by atoms with E-state index >= 15 is 0 Å². The number of carbonyl (C=O) groups is 1.